The molecule has 6 rings (SSSR count). The van der Waals surface area contributed by atoms with Gasteiger partial charge in [-0.1, -0.05) is 79.7 Å². The summed E-state index contributed by atoms with van der Waals surface area (Å²) in [7, 11) is 0. The molecule has 0 aliphatic heterocycles. The molecule has 0 spiro atoms. The van der Waals surface area contributed by atoms with Crippen LogP contribution in [-0.4, -0.2) is 30.7 Å². The highest BCUT2D eigenvalue weighted by Gasteiger charge is 2.21. The molecule has 0 N–H and O–H groups in total. The summed E-state index contributed by atoms with van der Waals surface area (Å²) in [5, 5.41) is 0. The summed E-state index contributed by atoms with van der Waals surface area (Å²) < 4.78 is 10.2. The Hall–Kier alpha value is -4.97. The van der Waals surface area contributed by atoms with Gasteiger partial charge in [-0.3, -0.25) is 0 Å². The third-order valence-electron chi connectivity index (χ3n) is 8.18. The molecule has 0 saturated carbocycles. The molecule has 0 atom stereocenters. The number of aryl methyl sites for hydroxylation is 4. The average molecular weight is 611 g/mol. The van der Waals surface area contributed by atoms with Crippen molar-refractivity contribution in [3.05, 3.63) is 132 Å². The second kappa shape index (κ2) is 13.2. The highest BCUT2D eigenvalue weighted by Crippen LogP contribution is 2.30. The summed E-state index contributed by atoms with van der Waals surface area (Å²) in [6.45, 7) is 11.6. The Kier molecular flexibility index (Phi) is 8.89. The number of benzene rings is 4. The van der Waals surface area contributed by atoms with Crippen LogP contribution in [0.15, 0.2) is 104 Å². The number of carbonyl (C=O) groups is 1. The lowest BCUT2D eigenvalue weighted by Gasteiger charge is -2.20. The molecule has 234 valence electrons. The van der Waals surface area contributed by atoms with Crippen LogP contribution >= 0.6 is 0 Å². The molecule has 0 aliphatic carbocycles. The fourth-order valence-corrected chi connectivity index (χ4v) is 5.93. The lowest BCUT2D eigenvalue weighted by molar-refractivity contribution is 0.00704. The fraction of sp³-hybridized carbons (Fsp3) is 0.275. The van der Waals surface area contributed by atoms with E-state index >= 15 is 0 Å². The van der Waals surface area contributed by atoms with Crippen molar-refractivity contribution < 1.29 is 9.53 Å². The quantitative estimate of drug-likeness (QED) is 0.145. The smallest absolute Gasteiger partial charge is 0.339 e. The Morgan fingerprint density at radius 3 is 2.33 bits per heavy atom. The van der Waals surface area contributed by atoms with E-state index in [1.54, 1.807) is 0 Å². The van der Waals surface area contributed by atoms with Gasteiger partial charge >= 0.3 is 5.97 Å². The van der Waals surface area contributed by atoms with Gasteiger partial charge in [0.1, 0.15) is 11.4 Å². The van der Waals surface area contributed by atoms with E-state index in [0.29, 0.717) is 12.1 Å². The lowest BCUT2D eigenvalue weighted by atomic mass is 9.98. The van der Waals surface area contributed by atoms with Crippen molar-refractivity contribution in [1.29, 1.82) is 0 Å². The van der Waals surface area contributed by atoms with E-state index in [1.165, 1.54) is 11.1 Å². The summed E-state index contributed by atoms with van der Waals surface area (Å²) in [5.74, 6) is 0.777. The van der Waals surface area contributed by atoms with Gasteiger partial charge in [0.2, 0.25) is 0 Å². The maximum absolute atomic E-state index is 13.0. The molecular weight excluding hydrogens is 568 g/mol. The van der Waals surface area contributed by atoms with Crippen molar-refractivity contribution in [3.63, 3.8) is 0 Å². The van der Waals surface area contributed by atoms with Crippen LogP contribution in [0.4, 0.5) is 0 Å². The first kappa shape index (κ1) is 31.0. The van der Waals surface area contributed by atoms with Crippen LogP contribution in [0.5, 0.6) is 0 Å². The Balaban J connectivity index is 1.28. The Morgan fingerprint density at radius 2 is 1.59 bits per heavy atom. The van der Waals surface area contributed by atoms with Crippen LogP contribution in [0.2, 0.25) is 0 Å². The van der Waals surface area contributed by atoms with E-state index in [-0.39, 0.29) is 5.97 Å². The number of hydrogen-bond donors (Lipinski definition) is 0. The monoisotopic (exact) mass is 610 g/mol. The third-order valence-corrected chi connectivity index (χ3v) is 8.18. The minimum Gasteiger partial charge on any atom is -0.456 e. The standard InChI is InChI=1S/C40H42N4O2/c1-6-12-37-42-38-28(2)23-32(35-26-43(27-41-35)22-21-29-13-8-7-9-14-29)24-36(38)44(37)25-30-17-19-31(20-18-30)33-15-10-11-16-34(33)39(45)46-40(3,4)5/h7-11,13-20,23-24,26-27H,6,12,21-22,25H2,1-5H3. The molecule has 0 saturated heterocycles. The first-order valence-electron chi connectivity index (χ1n) is 16.2. The molecule has 0 aliphatic rings. The maximum atomic E-state index is 13.0. The molecular formula is C40H42N4O2. The van der Waals surface area contributed by atoms with Gasteiger partial charge in [-0.05, 0) is 86.6 Å². The first-order chi connectivity index (χ1) is 22.2. The fourth-order valence-electron chi connectivity index (χ4n) is 5.93. The van der Waals surface area contributed by atoms with Gasteiger partial charge in [0.05, 0.1) is 28.6 Å². The summed E-state index contributed by atoms with van der Waals surface area (Å²) in [4.78, 5) is 22.9. The summed E-state index contributed by atoms with van der Waals surface area (Å²) in [6, 6.07) is 31.1. The van der Waals surface area contributed by atoms with Crippen molar-refractivity contribution in [3.8, 4) is 22.4 Å². The second-order valence-corrected chi connectivity index (χ2v) is 13.0. The molecule has 46 heavy (non-hydrogen) atoms. The number of fused-ring (bicyclic) bond motifs is 1. The summed E-state index contributed by atoms with van der Waals surface area (Å²) >= 11 is 0. The maximum Gasteiger partial charge on any atom is 0.339 e. The predicted octanol–water partition coefficient (Wildman–Crippen LogP) is 9.07. The van der Waals surface area contributed by atoms with Crippen LogP contribution in [0.1, 0.15) is 67.0 Å². The molecule has 2 aromatic heterocycles. The van der Waals surface area contributed by atoms with Gasteiger partial charge < -0.3 is 13.9 Å². The molecule has 4 aromatic carbocycles. The lowest BCUT2D eigenvalue weighted by Crippen LogP contribution is -2.24. The normalized spacial score (nSPS) is 11.7. The minimum atomic E-state index is -0.557. The first-order valence-corrected chi connectivity index (χ1v) is 16.2. The topological polar surface area (TPSA) is 61.9 Å². The molecule has 6 aromatic rings. The minimum absolute atomic E-state index is 0.312. The van der Waals surface area contributed by atoms with Gasteiger partial charge in [0.15, 0.2) is 0 Å². The Morgan fingerprint density at radius 1 is 0.848 bits per heavy atom. The van der Waals surface area contributed by atoms with Crippen molar-refractivity contribution in [2.24, 2.45) is 0 Å². The number of imidazole rings is 2. The van der Waals surface area contributed by atoms with Crippen LogP contribution in [-0.2, 0) is 30.7 Å². The highest BCUT2D eigenvalue weighted by molar-refractivity contribution is 5.97. The van der Waals surface area contributed by atoms with Gasteiger partial charge in [-0.25, -0.2) is 14.8 Å². The molecule has 0 bridgehead atoms. The zero-order valence-corrected chi connectivity index (χ0v) is 27.5. The largest absolute Gasteiger partial charge is 0.456 e. The molecule has 0 fully saturated rings. The van der Waals surface area contributed by atoms with Gasteiger partial charge in [-0.15, -0.1) is 0 Å². The zero-order valence-electron chi connectivity index (χ0n) is 27.5. The van der Waals surface area contributed by atoms with E-state index in [0.717, 1.165) is 70.6 Å². The Labute approximate surface area is 271 Å². The number of carbonyl (C=O) groups excluding carboxylic acids is 1. The molecule has 0 radical (unpaired) electrons. The van der Waals surface area contributed by atoms with Gasteiger partial charge in [0, 0.05) is 31.3 Å². The van der Waals surface area contributed by atoms with E-state index in [4.69, 9.17) is 14.7 Å². The van der Waals surface area contributed by atoms with E-state index < -0.39 is 5.60 Å². The third kappa shape index (κ3) is 6.96. The highest BCUT2D eigenvalue weighted by atomic mass is 16.6. The van der Waals surface area contributed by atoms with Crippen molar-refractivity contribution >= 4 is 17.0 Å². The van der Waals surface area contributed by atoms with Crippen molar-refractivity contribution in [2.45, 2.75) is 72.6 Å². The summed E-state index contributed by atoms with van der Waals surface area (Å²) in [6.07, 6.45) is 6.96. The van der Waals surface area contributed by atoms with Crippen LogP contribution in [0.25, 0.3) is 33.4 Å². The number of hydrogen-bond acceptors (Lipinski definition) is 4. The molecule has 6 heteroatoms. The van der Waals surface area contributed by atoms with E-state index in [9.17, 15) is 4.79 Å². The molecule has 0 amide bonds. The zero-order chi connectivity index (χ0) is 32.3. The molecule has 2 heterocycles. The van der Waals surface area contributed by atoms with Gasteiger partial charge in [-0.2, -0.15) is 0 Å². The predicted molar refractivity (Wildman–Crippen MR) is 186 cm³/mol. The van der Waals surface area contributed by atoms with E-state index in [1.807, 2.05) is 51.4 Å². The van der Waals surface area contributed by atoms with Crippen LogP contribution < -0.4 is 0 Å². The van der Waals surface area contributed by atoms with Crippen LogP contribution in [0, 0.1) is 6.92 Å². The molecule has 0 unspecified atom stereocenters. The second-order valence-electron chi connectivity index (χ2n) is 13.0. The Bertz CT molecular complexity index is 1960. The van der Waals surface area contributed by atoms with E-state index in [2.05, 4.69) is 95.9 Å². The number of ether oxygens (including phenoxy) is 1. The number of rotatable bonds is 10. The number of nitrogens with zero attached hydrogens (tertiary/aromatic N) is 4. The van der Waals surface area contributed by atoms with Gasteiger partial charge in [0.25, 0.3) is 0 Å². The SMILES string of the molecule is CCCc1nc2c(C)cc(-c3cn(CCc4ccccc4)cn3)cc2n1Cc1ccc(-c2ccccc2C(=O)OC(C)(C)C)cc1. The molecule has 6 nitrogen and oxygen atoms in total. The van der Waals surface area contributed by atoms with Crippen LogP contribution in [0.3, 0.4) is 0 Å². The van der Waals surface area contributed by atoms with Crippen molar-refractivity contribution in [2.75, 3.05) is 0 Å². The number of aromatic nitrogens is 4. The summed E-state index contributed by atoms with van der Waals surface area (Å²) in [5.41, 5.74) is 9.73. The van der Waals surface area contributed by atoms with Crippen molar-refractivity contribution in [1.82, 2.24) is 19.1 Å². The average Bonchev–Trinajstić information content (AvgIpc) is 3.66. The number of esters is 1.